The zero-order valence-electron chi connectivity index (χ0n) is 17.6. The molecule has 7 nitrogen and oxygen atoms in total. The Balaban J connectivity index is 1.62. The summed E-state index contributed by atoms with van der Waals surface area (Å²) in [5.41, 5.74) is 2.01. The molecule has 2 aliphatic heterocycles. The highest BCUT2D eigenvalue weighted by atomic mass is 35.5. The first-order valence-electron chi connectivity index (χ1n) is 10.2. The van der Waals surface area contributed by atoms with Crippen molar-refractivity contribution >= 4 is 35.1 Å². The molecule has 166 valence electrons. The van der Waals surface area contributed by atoms with E-state index in [1.54, 1.807) is 31.2 Å². The van der Waals surface area contributed by atoms with Crippen LogP contribution in [0.4, 0.5) is 14.9 Å². The second-order valence-electron chi connectivity index (χ2n) is 7.61. The molecule has 2 aromatic carbocycles. The average Bonchev–Trinajstić information content (AvgIpc) is 3.11. The van der Waals surface area contributed by atoms with E-state index in [0.717, 1.165) is 0 Å². The van der Waals surface area contributed by atoms with E-state index >= 15 is 0 Å². The van der Waals surface area contributed by atoms with Crippen LogP contribution >= 0.6 is 11.6 Å². The van der Waals surface area contributed by atoms with Gasteiger partial charge in [0.1, 0.15) is 11.9 Å². The third-order valence-electron chi connectivity index (χ3n) is 5.74. The number of halogens is 2. The van der Waals surface area contributed by atoms with E-state index < -0.39 is 23.8 Å². The van der Waals surface area contributed by atoms with Gasteiger partial charge in [0.15, 0.2) is 0 Å². The number of rotatable bonds is 5. The van der Waals surface area contributed by atoms with Crippen LogP contribution in [-0.2, 0) is 9.59 Å². The first-order chi connectivity index (χ1) is 15.3. The maximum Gasteiger partial charge on any atom is 0.322 e. The normalized spacial score (nSPS) is 19.1. The second-order valence-corrected chi connectivity index (χ2v) is 8.02. The molecule has 0 saturated carbocycles. The number of anilines is 1. The van der Waals surface area contributed by atoms with Crippen molar-refractivity contribution in [1.82, 2.24) is 15.1 Å². The molecule has 2 aromatic rings. The molecule has 0 bridgehead atoms. The van der Waals surface area contributed by atoms with E-state index in [1.165, 1.54) is 34.1 Å². The van der Waals surface area contributed by atoms with Crippen molar-refractivity contribution in [3.8, 4) is 0 Å². The number of likely N-dealkylation sites (N-methyl/N-ethyl adjacent to an activating group) is 1. The van der Waals surface area contributed by atoms with E-state index in [4.69, 9.17) is 11.6 Å². The number of carbonyl (C=O) groups excluding carboxylic acids is 3. The quantitative estimate of drug-likeness (QED) is 0.720. The van der Waals surface area contributed by atoms with Gasteiger partial charge in [-0.25, -0.2) is 9.18 Å². The van der Waals surface area contributed by atoms with Gasteiger partial charge in [0.2, 0.25) is 5.91 Å². The van der Waals surface area contributed by atoms with Gasteiger partial charge in [-0.05, 0) is 49.7 Å². The largest absolute Gasteiger partial charge is 0.326 e. The summed E-state index contributed by atoms with van der Waals surface area (Å²) in [5, 5.41) is 6.00. The SMILES string of the molecule is CCN1C(=O)N[C@H](c2ccccc2Cl)C2=C1CN([C@H](C)C(=O)Nc1ccc(F)cc1)C2=O. The Morgan fingerprint density at radius 3 is 2.56 bits per heavy atom. The van der Waals surface area contributed by atoms with Gasteiger partial charge < -0.3 is 15.5 Å². The van der Waals surface area contributed by atoms with Crippen LogP contribution in [0.5, 0.6) is 0 Å². The molecule has 2 atom stereocenters. The highest BCUT2D eigenvalue weighted by molar-refractivity contribution is 6.31. The maximum atomic E-state index is 13.5. The zero-order chi connectivity index (χ0) is 23.0. The van der Waals surface area contributed by atoms with Crippen molar-refractivity contribution in [1.29, 1.82) is 0 Å². The summed E-state index contributed by atoms with van der Waals surface area (Å²) in [6.07, 6.45) is 0. The Kier molecular flexibility index (Phi) is 5.88. The van der Waals surface area contributed by atoms with Crippen LogP contribution in [0.3, 0.4) is 0 Å². The van der Waals surface area contributed by atoms with E-state index in [0.29, 0.717) is 34.1 Å². The van der Waals surface area contributed by atoms with Gasteiger partial charge in [-0.1, -0.05) is 29.8 Å². The molecule has 2 N–H and O–H groups in total. The van der Waals surface area contributed by atoms with Gasteiger partial charge in [-0.15, -0.1) is 0 Å². The van der Waals surface area contributed by atoms with Gasteiger partial charge in [-0.3, -0.25) is 14.5 Å². The lowest BCUT2D eigenvalue weighted by Gasteiger charge is -2.33. The molecule has 0 saturated heterocycles. The van der Waals surface area contributed by atoms with Crippen LogP contribution in [0.25, 0.3) is 0 Å². The lowest BCUT2D eigenvalue weighted by molar-refractivity contribution is -0.133. The minimum absolute atomic E-state index is 0.119. The Labute approximate surface area is 189 Å². The highest BCUT2D eigenvalue weighted by Crippen LogP contribution is 2.39. The van der Waals surface area contributed by atoms with Crippen LogP contribution in [0, 0.1) is 5.82 Å². The number of nitrogens with one attached hydrogen (secondary N) is 2. The van der Waals surface area contributed by atoms with Crippen molar-refractivity contribution in [3.05, 3.63) is 76.2 Å². The molecular formula is C23H22ClFN4O3. The molecular weight excluding hydrogens is 435 g/mol. The Morgan fingerprint density at radius 2 is 1.91 bits per heavy atom. The van der Waals surface area contributed by atoms with E-state index in [1.807, 2.05) is 6.92 Å². The van der Waals surface area contributed by atoms with Crippen LogP contribution in [0.15, 0.2) is 59.8 Å². The number of benzene rings is 2. The summed E-state index contributed by atoms with van der Waals surface area (Å²) in [7, 11) is 0. The van der Waals surface area contributed by atoms with Crippen LogP contribution in [0.2, 0.25) is 5.02 Å². The van der Waals surface area contributed by atoms with Crippen molar-refractivity contribution < 1.29 is 18.8 Å². The summed E-state index contributed by atoms with van der Waals surface area (Å²) in [5.74, 6) is -1.17. The molecule has 4 rings (SSSR count). The monoisotopic (exact) mass is 456 g/mol. The zero-order valence-corrected chi connectivity index (χ0v) is 18.3. The summed E-state index contributed by atoms with van der Waals surface area (Å²) in [6.45, 7) is 3.93. The molecule has 9 heteroatoms. The van der Waals surface area contributed by atoms with Crippen LogP contribution in [-0.4, -0.2) is 46.8 Å². The number of nitrogens with zero attached hydrogens (tertiary/aromatic N) is 2. The lowest BCUT2D eigenvalue weighted by atomic mass is 9.95. The first kappa shape index (κ1) is 21.8. The Morgan fingerprint density at radius 1 is 1.22 bits per heavy atom. The predicted molar refractivity (Wildman–Crippen MR) is 118 cm³/mol. The number of hydrogen-bond donors (Lipinski definition) is 2. The molecule has 4 amide bonds. The fourth-order valence-corrected chi connectivity index (χ4v) is 4.27. The summed E-state index contributed by atoms with van der Waals surface area (Å²) < 4.78 is 13.1. The van der Waals surface area contributed by atoms with Crippen molar-refractivity contribution in [2.24, 2.45) is 0 Å². The number of carbonyl (C=O) groups is 3. The third-order valence-corrected chi connectivity index (χ3v) is 6.09. The standard InChI is InChI=1S/C23H22ClFN4O3/c1-3-28-18-12-29(13(2)21(30)26-15-10-8-14(25)9-11-15)22(31)19(18)20(27-23(28)32)16-6-4-5-7-17(16)24/h4-11,13,20H,3,12H2,1-2H3,(H,26,30)(H,27,32)/t13-,20-/m1/s1. The van der Waals surface area contributed by atoms with Crippen molar-refractivity contribution in [3.63, 3.8) is 0 Å². The molecule has 2 heterocycles. The molecule has 0 unspecified atom stereocenters. The van der Waals surface area contributed by atoms with Gasteiger partial charge in [0, 0.05) is 17.3 Å². The number of hydrogen-bond acceptors (Lipinski definition) is 3. The third kappa shape index (κ3) is 3.82. The molecule has 0 aliphatic carbocycles. The minimum Gasteiger partial charge on any atom is -0.326 e. The Bertz CT molecular complexity index is 1120. The first-order valence-corrected chi connectivity index (χ1v) is 10.6. The summed E-state index contributed by atoms with van der Waals surface area (Å²) >= 11 is 6.36. The molecule has 0 fully saturated rings. The smallest absolute Gasteiger partial charge is 0.322 e. The van der Waals surface area contributed by atoms with Gasteiger partial charge in [0.05, 0.1) is 23.9 Å². The van der Waals surface area contributed by atoms with Crippen LogP contribution in [0.1, 0.15) is 25.5 Å². The van der Waals surface area contributed by atoms with Gasteiger partial charge >= 0.3 is 6.03 Å². The second kappa shape index (κ2) is 8.63. The number of amides is 4. The van der Waals surface area contributed by atoms with Crippen molar-refractivity contribution in [2.75, 3.05) is 18.4 Å². The molecule has 0 aromatic heterocycles. The Hall–Kier alpha value is -3.39. The predicted octanol–water partition coefficient (Wildman–Crippen LogP) is 3.69. The molecule has 0 radical (unpaired) electrons. The molecule has 0 spiro atoms. The topological polar surface area (TPSA) is 81.8 Å². The minimum atomic E-state index is -0.821. The summed E-state index contributed by atoms with van der Waals surface area (Å²) in [4.78, 5) is 42.0. The van der Waals surface area contributed by atoms with Crippen molar-refractivity contribution in [2.45, 2.75) is 25.9 Å². The average molecular weight is 457 g/mol. The highest BCUT2D eigenvalue weighted by Gasteiger charge is 2.46. The van der Waals surface area contributed by atoms with Gasteiger partial charge in [-0.2, -0.15) is 0 Å². The number of urea groups is 1. The summed E-state index contributed by atoms with van der Waals surface area (Å²) in [6, 6.07) is 10.6. The molecule has 2 aliphatic rings. The van der Waals surface area contributed by atoms with E-state index in [9.17, 15) is 18.8 Å². The maximum absolute atomic E-state index is 13.5. The van der Waals surface area contributed by atoms with E-state index in [-0.39, 0.29) is 18.5 Å². The molecule has 32 heavy (non-hydrogen) atoms. The van der Waals surface area contributed by atoms with Crippen LogP contribution < -0.4 is 10.6 Å². The lowest BCUT2D eigenvalue weighted by Crippen LogP contribution is -2.47. The van der Waals surface area contributed by atoms with Gasteiger partial charge in [0.25, 0.3) is 5.91 Å². The fraction of sp³-hybridized carbons (Fsp3) is 0.261. The fourth-order valence-electron chi connectivity index (χ4n) is 4.02. The van der Waals surface area contributed by atoms with E-state index in [2.05, 4.69) is 10.6 Å².